The van der Waals surface area contributed by atoms with Gasteiger partial charge in [0.1, 0.15) is 0 Å². The molecular formula is C15H19N. The van der Waals surface area contributed by atoms with Crippen LogP contribution in [0.3, 0.4) is 0 Å². The van der Waals surface area contributed by atoms with E-state index in [4.69, 9.17) is 0 Å². The Bertz CT molecular complexity index is 418. The van der Waals surface area contributed by atoms with Crippen LogP contribution in [-0.2, 0) is 5.41 Å². The molecule has 3 rings (SSSR count). The summed E-state index contributed by atoms with van der Waals surface area (Å²) in [5.41, 5.74) is 5.01. The highest BCUT2D eigenvalue weighted by Crippen LogP contribution is 2.50. The zero-order valence-electron chi connectivity index (χ0n) is 9.92. The topological polar surface area (TPSA) is 12.0 Å². The first-order valence-electron chi connectivity index (χ1n) is 6.32. The Morgan fingerprint density at radius 2 is 1.94 bits per heavy atom. The molecule has 16 heavy (non-hydrogen) atoms. The molecule has 0 radical (unpaired) electrons. The predicted octanol–water partition coefficient (Wildman–Crippen LogP) is 3.38. The standard InChI is InChI=1S/C15H19N/c1-12-14-8-5-9-15(14,10-11-16-12)13-6-3-2-4-7-13/h2-4,6-7,16H,5,8-11H2,1H3. The molecule has 2 aliphatic rings. The Morgan fingerprint density at radius 3 is 2.75 bits per heavy atom. The van der Waals surface area contributed by atoms with Crippen molar-refractivity contribution in [2.75, 3.05) is 6.54 Å². The van der Waals surface area contributed by atoms with Gasteiger partial charge in [0.05, 0.1) is 0 Å². The largest absolute Gasteiger partial charge is 0.389 e. The number of fused-ring (bicyclic) bond motifs is 1. The molecule has 1 nitrogen and oxygen atoms in total. The fraction of sp³-hybridized carbons (Fsp3) is 0.467. The Morgan fingerprint density at radius 1 is 1.12 bits per heavy atom. The average Bonchev–Trinajstić information content (AvgIpc) is 2.77. The van der Waals surface area contributed by atoms with E-state index >= 15 is 0 Å². The van der Waals surface area contributed by atoms with Crippen LogP contribution < -0.4 is 5.32 Å². The zero-order valence-corrected chi connectivity index (χ0v) is 9.92. The van der Waals surface area contributed by atoms with Gasteiger partial charge in [-0.25, -0.2) is 0 Å². The third kappa shape index (κ3) is 1.31. The molecule has 1 heterocycles. The Labute approximate surface area is 97.6 Å². The molecular weight excluding hydrogens is 194 g/mol. The van der Waals surface area contributed by atoms with Crippen molar-refractivity contribution in [2.24, 2.45) is 0 Å². The molecule has 0 amide bonds. The quantitative estimate of drug-likeness (QED) is 0.754. The molecule has 1 aliphatic carbocycles. The third-order valence-corrected chi connectivity index (χ3v) is 4.33. The van der Waals surface area contributed by atoms with E-state index < -0.39 is 0 Å². The van der Waals surface area contributed by atoms with E-state index in [9.17, 15) is 0 Å². The zero-order chi connectivity index (χ0) is 11.0. The minimum atomic E-state index is 0.372. The average molecular weight is 213 g/mol. The number of hydrogen-bond acceptors (Lipinski definition) is 1. The van der Waals surface area contributed by atoms with Gasteiger partial charge in [-0.1, -0.05) is 30.3 Å². The van der Waals surface area contributed by atoms with Gasteiger partial charge in [0.2, 0.25) is 0 Å². The normalized spacial score (nSPS) is 28.8. The number of nitrogens with one attached hydrogen (secondary N) is 1. The summed E-state index contributed by atoms with van der Waals surface area (Å²) in [5, 5.41) is 3.53. The lowest BCUT2D eigenvalue weighted by molar-refractivity contribution is 0.434. The van der Waals surface area contributed by atoms with Crippen LogP contribution in [0.4, 0.5) is 0 Å². The lowest BCUT2D eigenvalue weighted by atomic mass is 9.71. The van der Waals surface area contributed by atoms with Crippen molar-refractivity contribution in [3.05, 3.63) is 47.2 Å². The summed E-state index contributed by atoms with van der Waals surface area (Å²) in [6.07, 6.45) is 5.24. The van der Waals surface area contributed by atoms with Crippen molar-refractivity contribution in [3.8, 4) is 0 Å². The van der Waals surface area contributed by atoms with Crippen LogP contribution in [0.15, 0.2) is 41.6 Å². The molecule has 1 aromatic carbocycles. The second kappa shape index (κ2) is 3.65. The molecule has 1 N–H and O–H groups in total. The summed E-state index contributed by atoms with van der Waals surface area (Å²) in [7, 11) is 0. The molecule has 84 valence electrons. The van der Waals surface area contributed by atoms with Crippen molar-refractivity contribution in [3.63, 3.8) is 0 Å². The summed E-state index contributed by atoms with van der Waals surface area (Å²) < 4.78 is 0. The number of rotatable bonds is 1. The van der Waals surface area contributed by atoms with E-state index in [1.165, 1.54) is 36.9 Å². The minimum absolute atomic E-state index is 0.372. The van der Waals surface area contributed by atoms with Gasteiger partial charge < -0.3 is 5.32 Å². The number of benzene rings is 1. The monoisotopic (exact) mass is 213 g/mol. The van der Waals surface area contributed by atoms with Crippen LogP contribution in [0.5, 0.6) is 0 Å². The molecule has 1 aromatic rings. The molecule has 0 bridgehead atoms. The summed E-state index contributed by atoms with van der Waals surface area (Å²) in [4.78, 5) is 0. The Kier molecular flexibility index (Phi) is 2.27. The number of hydrogen-bond donors (Lipinski definition) is 1. The fourth-order valence-corrected chi connectivity index (χ4v) is 3.57. The van der Waals surface area contributed by atoms with E-state index in [2.05, 4.69) is 42.6 Å². The van der Waals surface area contributed by atoms with Gasteiger partial charge in [-0.05, 0) is 43.7 Å². The van der Waals surface area contributed by atoms with Crippen molar-refractivity contribution < 1.29 is 0 Å². The van der Waals surface area contributed by atoms with Gasteiger partial charge in [-0.15, -0.1) is 0 Å². The second-order valence-corrected chi connectivity index (χ2v) is 5.08. The van der Waals surface area contributed by atoms with Crippen molar-refractivity contribution in [1.29, 1.82) is 0 Å². The summed E-state index contributed by atoms with van der Waals surface area (Å²) >= 11 is 0. The highest BCUT2D eigenvalue weighted by Gasteiger charge is 2.42. The third-order valence-electron chi connectivity index (χ3n) is 4.33. The van der Waals surface area contributed by atoms with Crippen LogP contribution in [0.25, 0.3) is 0 Å². The van der Waals surface area contributed by atoms with Crippen LogP contribution in [0.2, 0.25) is 0 Å². The van der Waals surface area contributed by atoms with E-state index in [1.54, 1.807) is 5.57 Å². The first kappa shape index (κ1) is 9.95. The lowest BCUT2D eigenvalue weighted by Gasteiger charge is -2.37. The highest BCUT2D eigenvalue weighted by molar-refractivity contribution is 5.42. The maximum Gasteiger partial charge on any atom is 0.0198 e. The molecule has 1 heteroatoms. The molecule has 1 fully saturated rings. The van der Waals surface area contributed by atoms with Gasteiger partial charge in [0.25, 0.3) is 0 Å². The van der Waals surface area contributed by atoms with E-state index in [1.807, 2.05) is 0 Å². The van der Waals surface area contributed by atoms with E-state index in [0.717, 1.165) is 6.54 Å². The predicted molar refractivity (Wildman–Crippen MR) is 67.3 cm³/mol. The molecule has 0 spiro atoms. The Hall–Kier alpha value is -1.24. The van der Waals surface area contributed by atoms with Gasteiger partial charge in [-0.2, -0.15) is 0 Å². The molecule has 0 saturated heterocycles. The van der Waals surface area contributed by atoms with Crippen LogP contribution in [0.1, 0.15) is 38.2 Å². The SMILES string of the molecule is CC1=C2CCCC2(c2ccccc2)CCN1. The van der Waals surface area contributed by atoms with E-state index in [-0.39, 0.29) is 0 Å². The van der Waals surface area contributed by atoms with Gasteiger partial charge in [0.15, 0.2) is 0 Å². The minimum Gasteiger partial charge on any atom is -0.389 e. The maximum atomic E-state index is 3.53. The first-order chi connectivity index (χ1) is 7.83. The smallest absolute Gasteiger partial charge is 0.0198 e. The molecule has 1 atom stereocenters. The first-order valence-corrected chi connectivity index (χ1v) is 6.32. The van der Waals surface area contributed by atoms with Crippen LogP contribution in [0, 0.1) is 0 Å². The summed E-state index contributed by atoms with van der Waals surface area (Å²) in [6, 6.07) is 11.1. The second-order valence-electron chi connectivity index (χ2n) is 5.08. The van der Waals surface area contributed by atoms with Gasteiger partial charge in [0, 0.05) is 17.7 Å². The van der Waals surface area contributed by atoms with Crippen molar-refractivity contribution >= 4 is 0 Å². The van der Waals surface area contributed by atoms with Crippen LogP contribution in [-0.4, -0.2) is 6.54 Å². The van der Waals surface area contributed by atoms with Crippen molar-refractivity contribution in [1.82, 2.24) is 5.32 Å². The summed E-state index contributed by atoms with van der Waals surface area (Å²) in [6.45, 7) is 3.38. The summed E-state index contributed by atoms with van der Waals surface area (Å²) in [5.74, 6) is 0. The van der Waals surface area contributed by atoms with Crippen molar-refractivity contribution in [2.45, 2.75) is 38.0 Å². The molecule has 1 saturated carbocycles. The van der Waals surface area contributed by atoms with E-state index in [0.29, 0.717) is 5.41 Å². The van der Waals surface area contributed by atoms with Crippen LogP contribution >= 0.6 is 0 Å². The highest BCUT2D eigenvalue weighted by atomic mass is 14.9. The Balaban J connectivity index is 2.13. The van der Waals surface area contributed by atoms with Gasteiger partial charge in [-0.3, -0.25) is 0 Å². The molecule has 1 unspecified atom stereocenters. The lowest BCUT2D eigenvalue weighted by Crippen LogP contribution is -2.36. The molecule has 1 aliphatic heterocycles. The van der Waals surface area contributed by atoms with Gasteiger partial charge >= 0.3 is 0 Å². The maximum absolute atomic E-state index is 3.53. The molecule has 0 aromatic heterocycles. The fourth-order valence-electron chi connectivity index (χ4n) is 3.57. The number of allylic oxidation sites excluding steroid dienone is 2.